The minimum absolute atomic E-state index is 0.0842. The summed E-state index contributed by atoms with van der Waals surface area (Å²) in [5.74, 6) is 0.242. The Morgan fingerprint density at radius 2 is 1.89 bits per heavy atom. The van der Waals surface area contributed by atoms with Crippen molar-refractivity contribution in [1.82, 2.24) is 19.4 Å². The van der Waals surface area contributed by atoms with Crippen LogP contribution >= 0.6 is 11.3 Å². The largest absolute Gasteiger partial charge is 0.355 e. The Balaban J connectivity index is 1.40. The third-order valence-electron chi connectivity index (χ3n) is 6.03. The van der Waals surface area contributed by atoms with E-state index in [1.165, 1.54) is 11.3 Å². The molecule has 1 N–H and O–H groups in total. The minimum atomic E-state index is -3.38. The Bertz CT molecular complexity index is 722. The number of hydrogen-bond donors (Lipinski definition) is 1. The molecule has 28 heavy (non-hydrogen) atoms. The second-order valence-electron chi connectivity index (χ2n) is 7.90. The number of nitrogens with one attached hydrogen (secondary N) is 1. The van der Waals surface area contributed by atoms with Gasteiger partial charge in [0.15, 0.2) is 0 Å². The van der Waals surface area contributed by atoms with E-state index in [0.29, 0.717) is 23.8 Å². The topological polar surface area (TPSA) is 73.0 Å². The lowest BCUT2D eigenvalue weighted by Crippen LogP contribution is -2.47. The maximum absolute atomic E-state index is 12.6. The van der Waals surface area contributed by atoms with Crippen molar-refractivity contribution in [2.24, 2.45) is 11.8 Å². The number of hydrogen-bond acceptors (Lipinski definition) is 6. The summed E-state index contributed by atoms with van der Waals surface area (Å²) in [5, 5.41) is 4.86. The van der Waals surface area contributed by atoms with Gasteiger partial charge in [-0.3, -0.25) is 9.69 Å². The van der Waals surface area contributed by atoms with Crippen LogP contribution in [-0.2, 0) is 14.8 Å². The molecule has 1 aromatic rings. The van der Waals surface area contributed by atoms with Gasteiger partial charge in [-0.05, 0) is 37.3 Å². The zero-order valence-corrected chi connectivity index (χ0v) is 18.5. The fourth-order valence-electron chi connectivity index (χ4n) is 3.94. The number of carbonyl (C=O) groups excluding carboxylic acids is 1. The van der Waals surface area contributed by atoms with Gasteiger partial charge in [0.05, 0.1) is 0 Å². The number of thiophene rings is 1. The molecule has 2 fully saturated rings. The van der Waals surface area contributed by atoms with Crippen molar-refractivity contribution in [3.63, 3.8) is 0 Å². The van der Waals surface area contributed by atoms with Gasteiger partial charge in [-0.25, -0.2) is 8.42 Å². The molecular formula is C19H32N4O3S2. The van der Waals surface area contributed by atoms with Crippen molar-refractivity contribution >= 4 is 27.3 Å². The molecule has 1 atom stereocenters. The molecule has 2 aliphatic heterocycles. The molecule has 0 saturated carbocycles. The SMILES string of the molecule is C[C@@H](C(=O)NCCN1CCN(C)CC1)C1CCN(S(=O)(=O)c2cccs2)CC1. The lowest BCUT2D eigenvalue weighted by Gasteiger charge is -2.34. The number of rotatable bonds is 7. The molecule has 0 bridgehead atoms. The van der Waals surface area contributed by atoms with Crippen LogP contribution in [0.15, 0.2) is 21.7 Å². The molecule has 0 radical (unpaired) electrons. The number of sulfonamides is 1. The normalized spacial score (nSPS) is 22.2. The average Bonchev–Trinajstić information content (AvgIpc) is 3.25. The quantitative estimate of drug-likeness (QED) is 0.705. The summed E-state index contributed by atoms with van der Waals surface area (Å²) in [6.45, 7) is 8.79. The highest BCUT2D eigenvalue weighted by Crippen LogP contribution is 2.29. The van der Waals surface area contributed by atoms with E-state index >= 15 is 0 Å². The molecule has 1 aromatic heterocycles. The van der Waals surface area contributed by atoms with Gasteiger partial charge >= 0.3 is 0 Å². The van der Waals surface area contributed by atoms with E-state index in [0.717, 1.165) is 45.6 Å². The van der Waals surface area contributed by atoms with Crippen LogP contribution in [0.4, 0.5) is 0 Å². The second-order valence-corrected chi connectivity index (χ2v) is 11.0. The van der Waals surface area contributed by atoms with Crippen LogP contribution in [0.1, 0.15) is 19.8 Å². The number of piperidine rings is 1. The zero-order chi connectivity index (χ0) is 20.1. The molecule has 2 aliphatic rings. The standard InChI is InChI=1S/C19H32N4O3S2/c1-16(19(24)20-7-10-22-13-11-21(2)12-14-22)17-5-8-23(9-6-17)28(25,26)18-4-3-15-27-18/h3-4,15-17H,5-14H2,1-2H3,(H,20,24)/t16-/m1/s1. The Morgan fingerprint density at radius 1 is 1.21 bits per heavy atom. The van der Waals surface area contributed by atoms with Crippen molar-refractivity contribution in [2.75, 3.05) is 59.4 Å². The first-order chi connectivity index (χ1) is 13.4. The molecule has 9 heteroatoms. The highest BCUT2D eigenvalue weighted by molar-refractivity contribution is 7.91. The third-order valence-corrected chi connectivity index (χ3v) is 9.30. The Morgan fingerprint density at radius 3 is 2.50 bits per heavy atom. The van der Waals surface area contributed by atoms with Gasteiger partial charge in [-0.15, -0.1) is 11.3 Å². The van der Waals surface area contributed by atoms with Crippen LogP contribution in [0.3, 0.4) is 0 Å². The highest BCUT2D eigenvalue weighted by atomic mass is 32.2. The number of carbonyl (C=O) groups is 1. The first-order valence-corrected chi connectivity index (χ1v) is 12.4. The monoisotopic (exact) mass is 428 g/mol. The minimum Gasteiger partial charge on any atom is -0.355 e. The zero-order valence-electron chi connectivity index (χ0n) is 16.8. The van der Waals surface area contributed by atoms with E-state index in [1.54, 1.807) is 21.8 Å². The van der Waals surface area contributed by atoms with Gasteiger partial charge < -0.3 is 10.2 Å². The van der Waals surface area contributed by atoms with Gasteiger partial charge in [0, 0.05) is 58.3 Å². The lowest BCUT2D eigenvalue weighted by molar-refractivity contribution is -0.126. The van der Waals surface area contributed by atoms with Crippen LogP contribution < -0.4 is 5.32 Å². The van der Waals surface area contributed by atoms with Crippen molar-refractivity contribution in [1.29, 1.82) is 0 Å². The van der Waals surface area contributed by atoms with Crippen molar-refractivity contribution in [3.8, 4) is 0 Å². The van der Waals surface area contributed by atoms with Crippen LogP contribution in [0.25, 0.3) is 0 Å². The molecule has 3 heterocycles. The summed E-state index contributed by atoms with van der Waals surface area (Å²) in [5.41, 5.74) is 0. The van der Waals surface area contributed by atoms with E-state index in [-0.39, 0.29) is 17.7 Å². The number of amides is 1. The van der Waals surface area contributed by atoms with Crippen LogP contribution in [0.5, 0.6) is 0 Å². The Labute approximate surface area is 172 Å². The summed E-state index contributed by atoms with van der Waals surface area (Å²) >= 11 is 1.26. The lowest BCUT2D eigenvalue weighted by atomic mass is 9.85. The van der Waals surface area contributed by atoms with Crippen molar-refractivity contribution < 1.29 is 13.2 Å². The smallest absolute Gasteiger partial charge is 0.252 e. The van der Waals surface area contributed by atoms with E-state index in [2.05, 4.69) is 22.2 Å². The summed E-state index contributed by atoms with van der Waals surface area (Å²) in [7, 11) is -1.24. The van der Waals surface area contributed by atoms with E-state index in [1.807, 2.05) is 6.92 Å². The van der Waals surface area contributed by atoms with Crippen LogP contribution in [0.2, 0.25) is 0 Å². The maximum atomic E-state index is 12.6. The fraction of sp³-hybridized carbons (Fsp3) is 0.737. The van der Waals surface area contributed by atoms with E-state index in [9.17, 15) is 13.2 Å². The molecule has 0 spiro atoms. The molecule has 0 aliphatic carbocycles. The van der Waals surface area contributed by atoms with Gasteiger partial charge in [0.25, 0.3) is 10.0 Å². The average molecular weight is 429 g/mol. The van der Waals surface area contributed by atoms with Crippen LogP contribution in [-0.4, -0.2) is 87.8 Å². The summed E-state index contributed by atoms with van der Waals surface area (Å²) in [6, 6.07) is 3.42. The number of nitrogens with zero attached hydrogens (tertiary/aromatic N) is 3. The first kappa shape index (κ1) is 21.7. The molecule has 3 rings (SSSR count). The molecule has 0 aromatic carbocycles. The number of piperazine rings is 1. The van der Waals surface area contributed by atoms with Gasteiger partial charge in [0.1, 0.15) is 4.21 Å². The predicted molar refractivity (Wildman–Crippen MR) is 112 cm³/mol. The summed E-state index contributed by atoms with van der Waals surface area (Å²) in [6.07, 6.45) is 1.47. The van der Waals surface area contributed by atoms with Crippen LogP contribution in [0, 0.1) is 11.8 Å². The summed E-state index contributed by atoms with van der Waals surface area (Å²) in [4.78, 5) is 17.2. The van der Waals surface area contributed by atoms with Crippen molar-refractivity contribution in [3.05, 3.63) is 17.5 Å². The fourth-order valence-corrected chi connectivity index (χ4v) is 6.55. The first-order valence-electron chi connectivity index (χ1n) is 10.1. The van der Waals surface area contributed by atoms with E-state index < -0.39 is 10.0 Å². The molecule has 7 nitrogen and oxygen atoms in total. The second kappa shape index (κ2) is 9.67. The third kappa shape index (κ3) is 5.33. The van der Waals surface area contributed by atoms with Gasteiger partial charge in [-0.1, -0.05) is 13.0 Å². The molecule has 158 valence electrons. The van der Waals surface area contributed by atoms with Crippen molar-refractivity contribution in [2.45, 2.75) is 24.0 Å². The molecular weight excluding hydrogens is 396 g/mol. The Kier molecular flexibility index (Phi) is 7.49. The Hall–Kier alpha value is -1.00. The number of likely N-dealkylation sites (N-methyl/N-ethyl adjacent to an activating group) is 1. The van der Waals surface area contributed by atoms with Gasteiger partial charge in [0.2, 0.25) is 5.91 Å². The highest BCUT2D eigenvalue weighted by Gasteiger charge is 2.33. The summed E-state index contributed by atoms with van der Waals surface area (Å²) < 4.78 is 27.2. The van der Waals surface area contributed by atoms with Gasteiger partial charge in [-0.2, -0.15) is 4.31 Å². The molecule has 0 unspecified atom stereocenters. The predicted octanol–water partition coefficient (Wildman–Crippen LogP) is 1.15. The molecule has 2 saturated heterocycles. The maximum Gasteiger partial charge on any atom is 0.252 e. The van der Waals surface area contributed by atoms with E-state index in [4.69, 9.17) is 0 Å². The molecule has 1 amide bonds.